The molecule has 174 valence electrons. The summed E-state index contributed by atoms with van der Waals surface area (Å²) in [5.41, 5.74) is 2.21. The van der Waals surface area contributed by atoms with Gasteiger partial charge in [0.25, 0.3) is 0 Å². The van der Waals surface area contributed by atoms with Gasteiger partial charge >= 0.3 is 5.97 Å². The van der Waals surface area contributed by atoms with Crippen LogP contribution >= 0.6 is 0 Å². The molecule has 3 rings (SSSR count). The van der Waals surface area contributed by atoms with Crippen molar-refractivity contribution in [3.05, 3.63) is 77.5 Å². The normalized spacial score (nSPS) is 10.4. The van der Waals surface area contributed by atoms with Gasteiger partial charge in [0.2, 0.25) is 11.6 Å². The van der Waals surface area contributed by atoms with E-state index >= 15 is 0 Å². The molecule has 0 bridgehead atoms. The fourth-order valence-electron chi connectivity index (χ4n) is 2.91. The fraction of sp³-hybridized carbons (Fsp3) is 0.192. The van der Waals surface area contributed by atoms with Crippen LogP contribution in [0.4, 0.5) is 0 Å². The smallest absolute Gasteiger partial charge is 0.330 e. The lowest BCUT2D eigenvalue weighted by atomic mass is 10.1. The highest BCUT2D eigenvalue weighted by Crippen LogP contribution is 2.41. The van der Waals surface area contributed by atoms with Crippen LogP contribution in [-0.4, -0.2) is 31.8 Å². The minimum atomic E-state index is -0.438. The van der Waals surface area contributed by atoms with E-state index in [9.17, 15) is 4.79 Å². The zero-order chi connectivity index (χ0) is 24.3. The molecule has 0 fully saturated rings. The zero-order valence-corrected chi connectivity index (χ0v) is 19.1. The Kier molecular flexibility index (Phi) is 8.47. The topological polar surface area (TPSA) is 99.9 Å². The molecule has 8 heteroatoms. The second-order valence-corrected chi connectivity index (χ2v) is 6.87. The predicted molar refractivity (Wildman–Crippen MR) is 125 cm³/mol. The van der Waals surface area contributed by atoms with E-state index in [4.69, 9.17) is 28.9 Å². The quantitative estimate of drug-likeness (QED) is 0.311. The van der Waals surface area contributed by atoms with Gasteiger partial charge in [-0.1, -0.05) is 12.1 Å². The molecule has 0 saturated carbocycles. The van der Waals surface area contributed by atoms with E-state index in [1.807, 2.05) is 12.1 Å². The van der Waals surface area contributed by atoms with Crippen LogP contribution in [0.15, 0.2) is 60.8 Å². The Balaban J connectivity index is 1.71. The molecule has 3 aromatic rings. The molecule has 0 aliphatic rings. The number of esters is 1. The van der Waals surface area contributed by atoms with Crippen molar-refractivity contribution in [3.63, 3.8) is 0 Å². The average molecular weight is 460 g/mol. The monoisotopic (exact) mass is 460 g/mol. The van der Waals surface area contributed by atoms with Crippen LogP contribution in [0.5, 0.6) is 28.9 Å². The van der Waals surface area contributed by atoms with Crippen LogP contribution in [0, 0.1) is 11.3 Å². The fourth-order valence-corrected chi connectivity index (χ4v) is 2.91. The number of methoxy groups -OCH3 is 2. The number of hydrogen-bond acceptors (Lipinski definition) is 8. The minimum Gasteiger partial charge on any atom is -0.493 e. The number of pyridine rings is 1. The second-order valence-electron chi connectivity index (χ2n) is 6.87. The summed E-state index contributed by atoms with van der Waals surface area (Å²) in [5, 5.41) is 8.87. The average Bonchev–Trinajstić information content (AvgIpc) is 2.87. The van der Waals surface area contributed by atoms with Crippen LogP contribution in [0.1, 0.15) is 23.6 Å². The van der Waals surface area contributed by atoms with E-state index in [-0.39, 0.29) is 0 Å². The summed E-state index contributed by atoms with van der Waals surface area (Å²) in [6, 6.07) is 16.1. The van der Waals surface area contributed by atoms with Crippen molar-refractivity contribution < 1.29 is 28.5 Å². The lowest BCUT2D eigenvalue weighted by Crippen LogP contribution is -1.99. The molecule has 34 heavy (non-hydrogen) atoms. The summed E-state index contributed by atoms with van der Waals surface area (Å²) in [5.74, 6) is 1.60. The van der Waals surface area contributed by atoms with Gasteiger partial charge in [-0.3, -0.25) is 0 Å². The van der Waals surface area contributed by atoms with Crippen LogP contribution in [0.2, 0.25) is 0 Å². The first-order chi connectivity index (χ1) is 16.6. The maximum atomic E-state index is 11.6. The minimum absolute atomic E-state index is 0.300. The van der Waals surface area contributed by atoms with Crippen LogP contribution in [0.25, 0.3) is 6.08 Å². The molecule has 0 radical (unpaired) electrons. The van der Waals surface area contributed by atoms with Crippen molar-refractivity contribution in [3.8, 4) is 34.9 Å². The maximum absolute atomic E-state index is 11.6. The van der Waals surface area contributed by atoms with Crippen molar-refractivity contribution in [2.75, 3.05) is 20.8 Å². The number of rotatable bonds is 10. The van der Waals surface area contributed by atoms with E-state index in [0.717, 1.165) is 5.56 Å². The third-order valence-electron chi connectivity index (χ3n) is 4.59. The molecular weight excluding hydrogens is 436 g/mol. The first-order valence-corrected chi connectivity index (χ1v) is 10.4. The molecule has 1 heterocycles. The number of carbonyl (C=O) groups excluding carboxylic acids is 1. The van der Waals surface area contributed by atoms with Crippen molar-refractivity contribution >= 4 is 12.0 Å². The van der Waals surface area contributed by atoms with Gasteiger partial charge in [0.15, 0.2) is 11.5 Å². The highest BCUT2D eigenvalue weighted by atomic mass is 16.5. The Morgan fingerprint density at radius 2 is 1.76 bits per heavy atom. The van der Waals surface area contributed by atoms with E-state index in [1.54, 1.807) is 55.6 Å². The lowest BCUT2D eigenvalue weighted by Gasteiger charge is -2.15. The summed E-state index contributed by atoms with van der Waals surface area (Å²) < 4.78 is 27.5. The molecule has 0 saturated heterocycles. The summed E-state index contributed by atoms with van der Waals surface area (Å²) in [7, 11) is 3.02. The SMILES string of the molecule is CCOC(=O)C=Cc1cc(OC)c(Oc2ccc(OCc3ccc(C#N)cc3)cn2)c(OC)c1. The van der Waals surface area contributed by atoms with Gasteiger partial charge in [0.05, 0.1) is 38.7 Å². The van der Waals surface area contributed by atoms with Crippen molar-refractivity contribution in [1.29, 1.82) is 5.26 Å². The van der Waals surface area contributed by atoms with Gasteiger partial charge in [-0.2, -0.15) is 5.26 Å². The molecule has 2 aromatic carbocycles. The summed E-state index contributed by atoms with van der Waals surface area (Å²) >= 11 is 0. The van der Waals surface area contributed by atoms with Crippen molar-refractivity contribution in [2.45, 2.75) is 13.5 Å². The van der Waals surface area contributed by atoms with Crippen LogP contribution in [-0.2, 0) is 16.1 Å². The number of ether oxygens (including phenoxy) is 5. The highest BCUT2D eigenvalue weighted by molar-refractivity contribution is 5.87. The third-order valence-corrected chi connectivity index (χ3v) is 4.59. The zero-order valence-electron chi connectivity index (χ0n) is 19.1. The lowest BCUT2D eigenvalue weighted by molar-refractivity contribution is -0.137. The molecule has 1 aromatic heterocycles. The van der Waals surface area contributed by atoms with E-state index in [0.29, 0.717) is 53.2 Å². The maximum Gasteiger partial charge on any atom is 0.330 e. The third kappa shape index (κ3) is 6.50. The number of aromatic nitrogens is 1. The van der Waals surface area contributed by atoms with Gasteiger partial charge in [0, 0.05) is 12.1 Å². The molecule has 0 aliphatic heterocycles. The summed E-state index contributed by atoms with van der Waals surface area (Å²) in [6.07, 6.45) is 4.48. The Morgan fingerprint density at radius 1 is 1.06 bits per heavy atom. The summed E-state index contributed by atoms with van der Waals surface area (Å²) in [6.45, 7) is 2.39. The molecule has 0 unspecified atom stereocenters. The van der Waals surface area contributed by atoms with Gasteiger partial charge in [0.1, 0.15) is 12.4 Å². The molecule has 8 nitrogen and oxygen atoms in total. The molecule has 0 atom stereocenters. The Hall–Kier alpha value is -4.51. The molecule has 0 aliphatic carbocycles. The number of nitriles is 1. The van der Waals surface area contributed by atoms with Gasteiger partial charge in [-0.05, 0) is 54.5 Å². The highest BCUT2D eigenvalue weighted by Gasteiger charge is 2.15. The van der Waals surface area contributed by atoms with Gasteiger partial charge < -0.3 is 23.7 Å². The number of carbonyl (C=O) groups is 1. The van der Waals surface area contributed by atoms with Crippen molar-refractivity contribution in [1.82, 2.24) is 4.98 Å². The van der Waals surface area contributed by atoms with Crippen LogP contribution in [0.3, 0.4) is 0 Å². The predicted octanol–water partition coefficient (Wildman–Crippen LogP) is 4.92. The molecule has 0 N–H and O–H groups in total. The van der Waals surface area contributed by atoms with E-state index < -0.39 is 5.97 Å². The second kappa shape index (κ2) is 11.9. The number of benzene rings is 2. The Labute approximate surface area is 197 Å². The van der Waals surface area contributed by atoms with Gasteiger partial charge in [-0.25, -0.2) is 9.78 Å². The summed E-state index contributed by atoms with van der Waals surface area (Å²) in [4.78, 5) is 15.9. The van der Waals surface area contributed by atoms with Crippen LogP contribution < -0.4 is 18.9 Å². The standard InChI is InChI=1S/C26H24N2O6/c1-4-32-25(29)12-9-20-13-22(30-2)26(23(14-20)31-3)34-24-11-10-21(16-28-24)33-17-19-7-5-18(15-27)6-8-19/h5-14,16H,4,17H2,1-3H3. The number of hydrogen-bond donors (Lipinski definition) is 0. The largest absolute Gasteiger partial charge is 0.493 e. The van der Waals surface area contributed by atoms with E-state index in [1.165, 1.54) is 20.3 Å². The molecular formula is C26H24N2O6. The molecule has 0 amide bonds. The molecule has 0 spiro atoms. The Bertz CT molecular complexity index is 1160. The Morgan fingerprint density at radius 3 is 2.32 bits per heavy atom. The first kappa shape index (κ1) is 24.1. The van der Waals surface area contributed by atoms with E-state index in [2.05, 4.69) is 11.1 Å². The number of nitrogens with zero attached hydrogens (tertiary/aromatic N) is 2. The van der Waals surface area contributed by atoms with Gasteiger partial charge in [-0.15, -0.1) is 0 Å². The van der Waals surface area contributed by atoms with Crippen molar-refractivity contribution in [2.24, 2.45) is 0 Å². The first-order valence-electron chi connectivity index (χ1n) is 10.4.